The van der Waals surface area contributed by atoms with E-state index < -0.39 is 0 Å². The van der Waals surface area contributed by atoms with E-state index >= 15 is 0 Å². The molecule has 8 nitrogen and oxygen atoms in total. The zero-order valence-electron chi connectivity index (χ0n) is 20.2. The number of fused-ring (bicyclic) bond motifs is 5. The number of hydrogen-bond acceptors (Lipinski definition) is 8. The van der Waals surface area contributed by atoms with Gasteiger partial charge in [0.1, 0.15) is 18.1 Å². The highest BCUT2D eigenvalue weighted by molar-refractivity contribution is 5.84. The van der Waals surface area contributed by atoms with E-state index in [1.54, 1.807) is 7.11 Å². The van der Waals surface area contributed by atoms with Gasteiger partial charge in [0.05, 0.1) is 42.4 Å². The molecule has 3 aromatic rings. The zero-order valence-corrected chi connectivity index (χ0v) is 20.2. The lowest BCUT2D eigenvalue weighted by molar-refractivity contribution is -0.165. The molecule has 0 radical (unpaired) electrons. The molecule has 0 unspecified atom stereocenters. The summed E-state index contributed by atoms with van der Waals surface area (Å²) < 4.78 is 31.9. The van der Waals surface area contributed by atoms with Crippen molar-refractivity contribution in [3.8, 4) is 11.6 Å². The van der Waals surface area contributed by atoms with Crippen LogP contribution in [0.15, 0.2) is 36.5 Å². The van der Waals surface area contributed by atoms with E-state index in [-0.39, 0.29) is 29.5 Å². The van der Waals surface area contributed by atoms with Crippen molar-refractivity contribution >= 4 is 22.6 Å². The minimum atomic E-state index is -0.332. The van der Waals surface area contributed by atoms with Crippen LogP contribution < -0.4 is 20.1 Å². The number of ether oxygens (including phenoxy) is 3. The van der Waals surface area contributed by atoms with Crippen molar-refractivity contribution in [2.75, 3.05) is 25.6 Å². The fourth-order valence-corrected chi connectivity index (χ4v) is 5.63. The molecule has 0 spiro atoms. The molecule has 2 bridgehead atoms. The van der Waals surface area contributed by atoms with E-state index in [1.807, 2.05) is 30.3 Å². The summed E-state index contributed by atoms with van der Waals surface area (Å²) in [6, 6.07) is 9.40. The number of rotatable bonds is 7. The Morgan fingerprint density at radius 1 is 1.19 bits per heavy atom. The molecule has 2 saturated heterocycles. The average Bonchev–Trinajstić information content (AvgIpc) is 2.92. The van der Waals surface area contributed by atoms with Crippen molar-refractivity contribution in [1.29, 1.82) is 0 Å². The lowest BCUT2D eigenvalue weighted by atomic mass is 9.69. The number of pyridine rings is 2. The normalized spacial score (nSPS) is 24.8. The Bertz CT molecular complexity index is 1310. The predicted octanol–water partition coefficient (Wildman–Crippen LogP) is 3.91. The first-order valence-corrected chi connectivity index (χ1v) is 12.4. The van der Waals surface area contributed by atoms with Gasteiger partial charge in [0.15, 0.2) is 0 Å². The highest BCUT2D eigenvalue weighted by atomic mass is 19.1. The van der Waals surface area contributed by atoms with Crippen molar-refractivity contribution in [3.63, 3.8) is 0 Å². The van der Waals surface area contributed by atoms with Crippen molar-refractivity contribution in [1.82, 2.24) is 15.3 Å². The second-order valence-corrected chi connectivity index (χ2v) is 10.1. The van der Waals surface area contributed by atoms with Crippen LogP contribution in [0, 0.1) is 5.82 Å². The molecular formula is C27H29FN4O4. The van der Waals surface area contributed by atoms with Gasteiger partial charge in [0, 0.05) is 17.5 Å². The number of nitrogens with one attached hydrogen (secondary N) is 2. The summed E-state index contributed by atoms with van der Waals surface area (Å²) >= 11 is 0. The topological polar surface area (TPSA) is 94.6 Å². The van der Waals surface area contributed by atoms with Gasteiger partial charge in [0.25, 0.3) is 0 Å². The molecule has 0 amide bonds. The number of carbonyl (C=O) groups excluding carboxylic acids is 1. The number of anilines is 1. The van der Waals surface area contributed by atoms with Gasteiger partial charge in [-0.05, 0) is 74.4 Å². The third-order valence-electron chi connectivity index (χ3n) is 7.93. The van der Waals surface area contributed by atoms with Crippen LogP contribution in [0.3, 0.4) is 0 Å². The van der Waals surface area contributed by atoms with Gasteiger partial charge >= 0.3 is 5.97 Å². The number of nitrogens with zero attached hydrogens (tertiary/aromatic N) is 2. The van der Waals surface area contributed by atoms with E-state index in [9.17, 15) is 9.18 Å². The molecule has 2 aromatic heterocycles. The van der Waals surface area contributed by atoms with E-state index in [0.717, 1.165) is 54.4 Å². The number of aromatic nitrogens is 2. The highest BCUT2D eigenvalue weighted by Gasteiger charge is 2.49. The van der Waals surface area contributed by atoms with Crippen LogP contribution in [-0.4, -0.2) is 47.3 Å². The Morgan fingerprint density at radius 2 is 2.06 bits per heavy atom. The van der Waals surface area contributed by atoms with Crippen molar-refractivity contribution in [2.45, 2.75) is 56.2 Å². The summed E-state index contributed by atoms with van der Waals surface area (Å²) in [4.78, 5) is 20.3. The molecule has 5 heterocycles. The monoisotopic (exact) mass is 492 g/mol. The second-order valence-electron chi connectivity index (χ2n) is 10.1. The first-order chi connectivity index (χ1) is 17.5. The van der Waals surface area contributed by atoms with Gasteiger partial charge in [-0.15, -0.1) is 0 Å². The van der Waals surface area contributed by atoms with Gasteiger partial charge in [0.2, 0.25) is 5.88 Å². The van der Waals surface area contributed by atoms with Gasteiger partial charge < -0.3 is 24.8 Å². The third kappa shape index (κ3) is 4.26. The fraction of sp³-hybridized carbons (Fsp3) is 0.444. The molecule has 3 fully saturated rings. The summed E-state index contributed by atoms with van der Waals surface area (Å²) in [5.41, 5.74) is 2.66. The maximum atomic E-state index is 14.8. The van der Waals surface area contributed by atoms with Crippen LogP contribution in [0.5, 0.6) is 11.6 Å². The zero-order chi connectivity index (χ0) is 24.8. The van der Waals surface area contributed by atoms with Crippen molar-refractivity contribution in [3.05, 3.63) is 53.6 Å². The molecule has 2 N–H and O–H groups in total. The van der Waals surface area contributed by atoms with Crippen LogP contribution in [0.1, 0.15) is 43.4 Å². The first kappa shape index (κ1) is 23.1. The number of esters is 1. The largest absolute Gasteiger partial charge is 0.497 e. The lowest BCUT2D eigenvalue weighted by Gasteiger charge is -2.53. The van der Waals surface area contributed by atoms with Crippen LogP contribution in [0.2, 0.25) is 0 Å². The smallest absolute Gasteiger partial charge is 0.332 e. The maximum Gasteiger partial charge on any atom is 0.332 e. The van der Waals surface area contributed by atoms with Crippen LogP contribution >= 0.6 is 0 Å². The molecule has 1 saturated carbocycles. The lowest BCUT2D eigenvalue weighted by Crippen LogP contribution is -2.61. The molecular weight excluding hydrogens is 463 g/mol. The standard InChI is InChI=1S/C27H29FN4O4/c1-34-18-3-5-22-20(12-18)19(21(28)14-29-22)6-7-27-10-8-26(9-11-27,16-35-27)31-13-17-2-4-23-25(32-17)36-24(33)15-30-23/h2-5,12,14,30-31H,6-11,13,15-16H2,1H3. The predicted molar refractivity (Wildman–Crippen MR) is 132 cm³/mol. The summed E-state index contributed by atoms with van der Waals surface area (Å²) in [5, 5.41) is 7.47. The molecule has 9 heteroatoms. The molecule has 188 valence electrons. The summed E-state index contributed by atoms with van der Waals surface area (Å²) in [6.07, 6.45) is 6.49. The molecule has 0 atom stereocenters. The van der Waals surface area contributed by atoms with Crippen LogP contribution in [-0.2, 0) is 22.5 Å². The Morgan fingerprint density at radius 3 is 2.83 bits per heavy atom. The van der Waals surface area contributed by atoms with E-state index in [1.165, 1.54) is 6.20 Å². The number of hydrogen-bond donors (Lipinski definition) is 2. The van der Waals surface area contributed by atoms with Gasteiger partial charge in [-0.2, -0.15) is 0 Å². The highest BCUT2D eigenvalue weighted by Crippen LogP contribution is 2.46. The summed E-state index contributed by atoms with van der Waals surface area (Å²) in [5.74, 6) is 0.411. The number of benzene rings is 1. The molecule has 1 aliphatic carbocycles. The average molecular weight is 493 g/mol. The summed E-state index contributed by atoms with van der Waals surface area (Å²) in [7, 11) is 1.61. The van der Waals surface area contributed by atoms with E-state index in [2.05, 4.69) is 20.6 Å². The van der Waals surface area contributed by atoms with Gasteiger partial charge in [-0.3, -0.25) is 4.98 Å². The Labute approximate surface area is 208 Å². The van der Waals surface area contributed by atoms with Crippen molar-refractivity contribution < 1.29 is 23.4 Å². The quantitative estimate of drug-likeness (QED) is 0.480. The number of methoxy groups -OCH3 is 1. The molecule has 36 heavy (non-hydrogen) atoms. The molecule has 1 aromatic carbocycles. The Kier molecular flexibility index (Phi) is 5.76. The van der Waals surface area contributed by atoms with Gasteiger partial charge in [-0.25, -0.2) is 14.2 Å². The molecule has 7 rings (SSSR count). The maximum absolute atomic E-state index is 14.8. The SMILES string of the molecule is COc1ccc2ncc(F)c(CCC34CCC(NCc5ccc6c(n5)OC(=O)CN6)(CC3)CO4)c2c1. The Balaban J connectivity index is 1.10. The summed E-state index contributed by atoms with van der Waals surface area (Å²) in [6.45, 7) is 1.34. The number of aryl methyl sites for hydroxylation is 1. The van der Waals surface area contributed by atoms with Gasteiger partial charge in [-0.1, -0.05) is 0 Å². The minimum Gasteiger partial charge on any atom is -0.497 e. The molecule has 3 aliphatic heterocycles. The minimum absolute atomic E-state index is 0.101. The fourth-order valence-electron chi connectivity index (χ4n) is 5.63. The second kappa shape index (κ2) is 8.97. The molecule has 4 aliphatic rings. The van der Waals surface area contributed by atoms with Crippen molar-refractivity contribution in [2.24, 2.45) is 0 Å². The third-order valence-corrected chi connectivity index (χ3v) is 7.93. The first-order valence-electron chi connectivity index (χ1n) is 12.4. The van der Waals surface area contributed by atoms with Crippen LogP contribution in [0.4, 0.5) is 10.1 Å². The van der Waals surface area contributed by atoms with E-state index in [4.69, 9.17) is 14.2 Å². The Hall–Kier alpha value is -3.30. The number of carbonyl (C=O) groups is 1. The number of halogens is 1. The van der Waals surface area contributed by atoms with Crippen LogP contribution in [0.25, 0.3) is 10.9 Å². The van der Waals surface area contributed by atoms with E-state index in [0.29, 0.717) is 36.8 Å².